The highest BCUT2D eigenvalue weighted by atomic mass is 16.4. The zero-order valence-electron chi connectivity index (χ0n) is 11.1. The van der Waals surface area contributed by atoms with Crippen LogP contribution in [0, 0.1) is 0 Å². The van der Waals surface area contributed by atoms with Crippen LogP contribution in [-0.4, -0.2) is 36.1 Å². The van der Waals surface area contributed by atoms with E-state index in [1.165, 1.54) is 18.2 Å². The van der Waals surface area contributed by atoms with E-state index in [-0.39, 0.29) is 18.0 Å². The van der Waals surface area contributed by atoms with E-state index in [9.17, 15) is 14.4 Å². The normalized spacial score (nSPS) is 9.65. The highest BCUT2D eigenvalue weighted by Crippen LogP contribution is 2.10. The van der Waals surface area contributed by atoms with Crippen LogP contribution < -0.4 is 16.0 Å². The second-order valence-electron chi connectivity index (χ2n) is 4.04. The second-order valence-corrected chi connectivity index (χ2v) is 4.04. The number of carboxylic acids is 1. The van der Waals surface area contributed by atoms with Gasteiger partial charge in [-0.1, -0.05) is 13.0 Å². The molecule has 20 heavy (non-hydrogen) atoms. The molecule has 4 N–H and O–H groups in total. The van der Waals surface area contributed by atoms with Gasteiger partial charge in [0.25, 0.3) is 0 Å². The Morgan fingerprint density at radius 3 is 2.60 bits per heavy atom. The van der Waals surface area contributed by atoms with Gasteiger partial charge in [0.15, 0.2) is 0 Å². The molecule has 0 atom stereocenters. The number of anilines is 1. The van der Waals surface area contributed by atoms with Gasteiger partial charge in [-0.05, 0) is 24.6 Å². The number of amides is 3. The third-order valence-electron chi connectivity index (χ3n) is 2.35. The summed E-state index contributed by atoms with van der Waals surface area (Å²) in [4.78, 5) is 33.6. The van der Waals surface area contributed by atoms with E-state index in [0.29, 0.717) is 12.2 Å². The maximum Gasteiger partial charge on any atom is 0.335 e. The van der Waals surface area contributed by atoms with Crippen LogP contribution >= 0.6 is 0 Å². The third-order valence-corrected chi connectivity index (χ3v) is 2.35. The SMILES string of the molecule is CCCNC(=O)CNC(=O)Nc1cccc(C(=O)O)c1. The molecule has 0 saturated carbocycles. The van der Waals surface area contributed by atoms with Crippen molar-refractivity contribution < 1.29 is 19.5 Å². The smallest absolute Gasteiger partial charge is 0.335 e. The molecule has 1 aromatic rings. The van der Waals surface area contributed by atoms with Gasteiger partial charge in [-0.2, -0.15) is 0 Å². The molecule has 0 fully saturated rings. The largest absolute Gasteiger partial charge is 0.478 e. The van der Waals surface area contributed by atoms with Crippen LogP contribution in [0.1, 0.15) is 23.7 Å². The Hall–Kier alpha value is -2.57. The highest BCUT2D eigenvalue weighted by molar-refractivity contribution is 5.94. The molecule has 0 radical (unpaired) electrons. The second kappa shape index (κ2) is 7.78. The molecule has 0 heterocycles. The zero-order chi connectivity index (χ0) is 15.0. The molecule has 0 aliphatic rings. The van der Waals surface area contributed by atoms with Gasteiger partial charge in [-0.15, -0.1) is 0 Å². The predicted octanol–water partition coefficient (Wildman–Crippen LogP) is 1.03. The summed E-state index contributed by atoms with van der Waals surface area (Å²) >= 11 is 0. The number of benzene rings is 1. The van der Waals surface area contributed by atoms with Gasteiger partial charge < -0.3 is 21.1 Å². The van der Waals surface area contributed by atoms with Gasteiger partial charge >= 0.3 is 12.0 Å². The van der Waals surface area contributed by atoms with Crippen molar-refractivity contribution in [2.75, 3.05) is 18.4 Å². The van der Waals surface area contributed by atoms with Crippen molar-refractivity contribution in [1.29, 1.82) is 0 Å². The van der Waals surface area contributed by atoms with Crippen LogP contribution in [0.2, 0.25) is 0 Å². The van der Waals surface area contributed by atoms with Crippen LogP contribution in [0.15, 0.2) is 24.3 Å². The summed E-state index contributed by atoms with van der Waals surface area (Å²) in [5.41, 5.74) is 0.417. The number of carboxylic acid groups (broad SMARTS) is 1. The van der Waals surface area contributed by atoms with Crippen LogP contribution in [0.5, 0.6) is 0 Å². The Morgan fingerprint density at radius 1 is 1.20 bits per heavy atom. The molecule has 0 aromatic heterocycles. The number of aromatic carboxylic acids is 1. The molecule has 0 aliphatic carbocycles. The lowest BCUT2D eigenvalue weighted by molar-refractivity contribution is -0.120. The molecule has 108 valence electrons. The number of nitrogens with one attached hydrogen (secondary N) is 3. The van der Waals surface area contributed by atoms with Crippen molar-refractivity contribution in [2.24, 2.45) is 0 Å². The molecule has 3 amide bonds. The van der Waals surface area contributed by atoms with E-state index in [2.05, 4.69) is 16.0 Å². The van der Waals surface area contributed by atoms with E-state index in [4.69, 9.17) is 5.11 Å². The van der Waals surface area contributed by atoms with Crippen LogP contribution in [-0.2, 0) is 4.79 Å². The Bertz CT molecular complexity index is 502. The lowest BCUT2D eigenvalue weighted by Crippen LogP contribution is -2.39. The van der Waals surface area contributed by atoms with Gasteiger partial charge in [0.1, 0.15) is 0 Å². The lowest BCUT2D eigenvalue weighted by Gasteiger charge is -2.08. The first kappa shape index (κ1) is 15.5. The first-order valence-corrected chi connectivity index (χ1v) is 6.18. The van der Waals surface area contributed by atoms with Gasteiger partial charge in [0.05, 0.1) is 12.1 Å². The third kappa shape index (κ3) is 5.38. The molecule has 1 aromatic carbocycles. The van der Waals surface area contributed by atoms with Gasteiger partial charge in [-0.3, -0.25) is 4.79 Å². The summed E-state index contributed by atoms with van der Waals surface area (Å²) in [5, 5.41) is 16.3. The minimum absolute atomic E-state index is 0.0727. The Kier molecular flexibility index (Phi) is 6.02. The molecule has 0 saturated heterocycles. The molecule has 7 heteroatoms. The van der Waals surface area contributed by atoms with Crippen molar-refractivity contribution >= 4 is 23.6 Å². The summed E-state index contributed by atoms with van der Waals surface area (Å²) in [6, 6.07) is 5.26. The summed E-state index contributed by atoms with van der Waals surface area (Å²) < 4.78 is 0. The molecular formula is C13H17N3O4. The first-order chi connectivity index (χ1) is 9.52. The topological polar surface area (TPSA) is 108 Å². The van der Waals surface area contributed by atoms with Crippen LogP contribution in [0.3, 0.4) is 0 Å². The summed E-state index contributed by atoms with van der Waals surface area (Å²) in [6.07, 6.45) is 0.819. The Morgan fingerprint density at radius 2 is 1.95 bits per heavy atom. The highest BCUT2D eigenvalue weighted by Gasteiger charge is 2.07. The maximum atomic E-state index is 11.5. The van der Waals surface area contributed by atoms with E-state index in [1.807, 2.05) is 6.92 Å². The van der Waals surface area contributed by atoms with Gasteiger partial charge in [0, 0.05) is 12.2 Å². The standard InChI is InChI=1S/C13H17N3O4/c1-2-6-14-11(17)8-15-13(20)16-10-5-3-4-9(7-10)12(18)19/h3-5,7H,2,6,8H2,1H3,(H,14,17)(H,18,19)(H2,15,16,20). The molecule has 0 bridgehead atoms. The van der Waals surface area contributed by atoms with Crippen molar-refractivity contribution in [1.82, 2.24) is 10.6 Å². The lowest BCUT2D eigenvalue weighted by atomic mass is 10.2. The van der Waals surface area contributed by atoms with Crippen molar-refractivity contribution in [3.63, 3.8) is 0 Å². The fourth-order valence-electron chi connectivity index (χ4n) is 1.39. The average Bonchev–Trinajstić information content (AvgIpc) is 2.43. The number of hydrogen-bond acceptors (Lipinski definition) is 3. The van der Waals surface area contributed by atoms with Crippen molar-refractivity contribution in [2.45, 2.75) is 13.3 Å². The fourth-order valence-corrected chi connectivity index (χ4v) is 1.39. The number of rotatable bonds is 6. The summed E-state index contributed by atoms with van der Waals surface area (Å²) in [7, 11) is 0. The van der Waals surface area contributed by atoms with E-state index >= 15 is 0 Å². The number of hydrogen-bond donors (Lipinski definition) is 4. The van der Waals surface area contributed by atoms with Crippen molar-refractivity contribution in [3.8, 4) is 0 Å². The number of carbonyl (C=O) groups is 3. The van der Waals surface area contributed by atoms with Gasteiger partial charge in [-0.25, -0.2) is 9.59 Å². The molecule has 0 spiro atoms. The first-order valence-electron chi connectivity index (χ1n) is 6.18. The van der Waals surface area contributed by atoms with E-state index < -0.39 is 12.0 Å². The fraction of sp³-hybridized carbons (Fsp3) is 0.308. The summed E-state index contributed by atoms with van der Waals surface area (Å²) in [5.74, 6) is -1.35. The van der Waals surface area contributed by atoms with E-state index in [1.54, 1.807) is 6.07 Å². The minimum atomic E-state index is -1.08. The molecule has 7 nitrogen and oxygen atoms in total. The monoisotopic (exact) mass is 279 g/mol. The Balaban J connectivity index is 2.44. The molecule has 1 rings (SSSR count). The van der Waals surface area contributed by atoms with Gasteiger partial charge in [0.2, 0.25) is 5.91 Å². The predicted molar refractivity (Wildman–Crippen MR) is 73.7 cm³/mol. The van der Waals surface area contributed by atoms with Crippen LogP contribution in [0.4, 0.5) is 10.5 Å². The van der Waals surface area contributed by atoms with Crippen LogP contribution in [0.25, 0.3) is 0 Å². The zero-order valence-corrected chi connectivity index (χ0v) is 11.1. The molecule has 0 aliphatic heterocycles. The van der Waals surface area contributed by atoms with E-state index in [0.717, 1.165) is 6.42 Å². The number of urea groups is 1. The van der Waals surface area contributed by atoms with Crippen molar-refractivity contribution in [3.05, 3.63) is 29.8 Å². The Labute approximate surface area is 116 Å². The summed E-state index contributed by atoms with van der Waals surface area (Å²) in [6.45, 7) is 2.35. The quantitative estimate of drug-likeness (QED) is 0.623. The minimum Gasteiger partial charge on any atom is -0.478 e. The molecule has 0 unspecified atom stereocenters. The number of carbonyl (C=O) groups excluding carboxylic acids is 2. The average molecular weight is 279 g/mol. The molecular weight excluding hydrogens is 262 g/mol. The maximum absolute atomic E-state index is 11.5.